The molecule has 12 heavy (non-hydrogen) atoms. The maximum atomic E-state index is 11.3. The highest BCUT2D eigenvalue weighted by molar-refractivity contribution is 5.78. The lowest BCUT2D eigenvalue weighted by atomic mass is 9.79. The van der Waals surface area contributed by atoms with Gasteiger partial charge in [-0.2, -0.15) is 0 Å². The molecule has 0 unspecified atom stereocenters. The first kappa shape index (κ1) is 8.03. The molecule has 0 amide bonds. The summed E-state index contributed by atoms with van der Waals surface area (Å²) in [6.45, 7) is 2.28. The summed E-state index contributed by atoms with van der Waals surface area (Å²) >= 11 is 0. The molecule has 0 N–H and O–H groups in total. The Balaban J connectivity index is 2.12. The number of hydrogen-bond donors (Lipinski definition) is 0. The van der Waals surface area contributed by atoms with Gasteiger partial charge in [0, 0.05) is 12.8 Å². The Kier molecular flexibility index (Phi) is 1.82. The Bertz CT molecular complexity index is 229. The molecule has 0 aromatic rings. The number of allylic oxidation sites excluding steroid dienone is 2. The zero-order chi connectivity index (χ0) is 8.60. The molecular formula is C11H16O. The van der Waals surface area contributed by atoms with E-state index < -0.39 is 0 Å². The lowest BCUT2D eigenvalue weighted by molar-refractivity contribution is -0.120. The topological polar surface area (TPSA) is 17.1 Å². The van der Waals surface area contributed by atoms with E-state index in [0.717, 1.165) is 25.7 Å². The summed E-state index contributed by atoms with van der Waals surface area (Å²) in [7, 11) is 0. The average molecular weight is 164 g/mol. The molecule has 0 saturated heterocycles. The van der Waals surface area contributed by atoms with Crippen LogP contribution >= 0.6 is 0 Å². The van der Waals surface area contributed by atoms with Gasteiger partial charge in [0.25, 0.3) is 0 Å². The van der Waals surface area contributed by atoms with Crippen molar-refractivity contribution >= 4 is 5.78 Å². The number of hydrogen-bond acceptors (Lipinski definition) is 1. The van der Waals surface area contributed by atoms with Crippen molar-refractivity contribution in [2.45, 2.75) is 39.0 Å². The Morgan fingerprint density at radius 3 is 3.17 bits per heavy atom. The normalized spacial score (nSPS) is 41.1. The van der Waals surface area contributed by atoms with Crippen molar-refractivity contribution < 1.29 is 4.79 Å². The van der Waals surface area contributed by atoms with Crippen molar-refractivity contribution in [3.05, 3.63) is 12.2 Å². The van der Waals surface area contributed by atoms with Crippen LogP contribution in [-0.2, 0) is 4.79 Å². The van der Waals surface area contributed by atoms with Crippen LogP contribution in [0.4, 0.5) is 0 Å². The van der Waals surface area contributed by atoms with Gasteiger partial charge in [0.1, 0.15) is 5.78 Å². The third kappa shape index (κ3) is 1.45. The number of fused-ring (bicyclic) bond motifs is 2. The number of rotatable bonds is 0. The monoisotopic (exact) mass is 164 g/mol. The molecule has 2 aliphatic carbocycles. The van der Waals surface area contributed by atoms with Crippen LogP contribution in [0.5, 0.6) is 0 Å². The number of Topliss-reactive ketones (excluding diaryl/α,β-unsaturated/α-hetero) is 1. The minimum absolute atomic E-state index is 0.348. The Hall–Kier alpha value is -0.590. The van der Waals surface area contributed by atoms with Crippen molar-refractivity contribution in [3.8, 4) is 0 Å². The van der Waals surface area contributed by atoms with E-state index in [1.807, 2.05) is 0 Å². The Morgan fingerprint density at radius 2 is 2.33 bits per heavy atom. The van der Waals surface area contributed by atoms with Crippen LogP contribution in [0.25, 0.3) is 0 Å². The molecule has 0 aromatic heterocycles. The van der Waals surface area contributed by atoms with Gasteiger partial charge < -0.3 is 0 Å². The summed E-state index contributed by atoms with van der Waals surface area (Å²) in [5.41, 5.74) is 0.348. The second kappa shape index (κ2) is 2.72. The molecule has 0 aromatic carbocycles. The van der Waals surface area contributed by atoms with Gasteiger partial charge in [0.05, 0.1) is 0 Å². The van der Waals surface area contributed by atoms with E-state index in [1.165, 1.54) is 6.42 Å². The molecule has 0 heterocycles. The molecule has 0 aliphatic heterocycles. The largest absolute Gasteiger partial charge is 0.300 e. The fourth-order valence-electron chi connectivity index (χ4n) is 2.38. The Morgan fingerprint density at radius 1 is 1.50 bits per heavy atom. The molecule has 1 heteroatoms. The third-order valence-corrected chi connectivity index (χ3v) is 3.27. The minimum Gasteiger partial charge on any atom is -0.300 e. The van der Waals surface area contributed by atoms with Gasteiger partial charge >= 0.3 is 0 Å². The molecule has 1 nitrogen and oxygen atoms in total. The smallest absolute Gasteiger partial charge is 0.132 e. The third-order valence-electron chi connectivity index (χ3n) is 3.27. The molecular weight excluding hydrogens is 148 g/mol. The zero-order valence-corrected chi connectivity index (χ0v) is 7.68. The standard InChI is InChI=1S/C11H16O/c1-11-6-4-9(8-11)2-3-10(12)5-7-11/h4,6,9H,2-3,5,7-8H2,1H3/t9-,11-/m1/s1. The molecule has 2 rings (SSSR count). The minimum atomic E-state index is 0.348. The number of ketones is 1. The van der Waals surface area contributed by atoms with Crippen molar-refractivity contribution in [2.24, 2.45) is 11.3 Å². The van der Waals surface area contributed by atoms with Crippen molar-refractivity contribution in [1.82, 2.24) is 0 Å². The lowest BCUT2D eigenvalue weighted by Crippen LogP contribution is -2.17. The van der Waals surface area contributed by atoms with E-state index in [2.05, 4.69) is 19.1 Å². The predicted molar refractivity (Wildman–Crippen MR) is 48.8 cm³/mol. The summed E-state index contributed by atoms with van der Waals surface area (Å²) in [6, 6.07) is 0. The summed E-state index contributed by atoms with van der Waals surface area (Å²) in [4.78, 5) is 11.3. The summed E-state index contributed by atoms with van der Waals surface area (Å²) < 4.78 is 0. The SMILES string of the molecule is C[C@@]12C=C[C@@H](CCC(=O)CC1)C2. The molecule has 0 radical (unpaired) electrons. The number of carbonyl (C=O) groups is 1. The molecule has 1 saturated carbocycles. The van der Waals surface area contributed by atoms with Crippen molar-refractivity contribution in [2.75, 3.05) is 0 Å². The van der Waals surface area contributed by atoms with E-state index >= 15 is 0 Å². The van der Waals surface area contributed by atoms with E-state index in [0.29, 0.717) is 17.1 Å². The highest BCUT2D eigenvalue weighted by Crippen LogP contribution is 2.42. The van der Waals surface area contributed by atoms with Gasteiger partial charge in [-0.05, 0) is 30.6 Å². The van der Waals surface area contributed by atoms with Gasteiger partial charge in [0.15, 0.2) is 0 Å². The van der Waals surface area contributed by atoms with Crippen LogP contribution in [0.2, 0.25) is 0 Å². The maximum Gasteiger partial charge on any atom is 0.132 e. The van der Waals surface area contributed by atoms with E-state index in [-0.39, 0.29) is 0 Å². The first-order valence-corrected chi connectivity index (χ1v) is 4.89. The van der Waals surface area contributed by atoms with Crippen LogP contribution in [0.15, 0.2) is 12.2 Å². The molecule has 1 fully saturated rings. The second-order valence-electron chi connectivity index (χ2n) is 4.55. The fraction of sp³-hybridized carbons (Fsp3) is 0.727. The van der Waals surface area contributed by atoms with E-state index in [1.54, 1.807) is 0 Å². The maximum absolute atomic E-state index is 11.3. The summed E-state index contributed by atoms with van der Waals surface area (Å²) in [5.74, 6) is 1.16. The van der Waals surface area contributed by atoms with E-state index in [9.17, 15) is 4.79 Å². The predicted octanol–water partition coefficient (Wildman–Crippen LogP) is 2.71. The highest BCUT2D eigenvalue weighted by Gasteiger charge is 2.32. The van der Waals surface area contributed by atoms with Crippen molar-refractivity contribution in [3.63, 3.8) is 0 Å². The quantitative estimate of drug-likeness (QED) is 0.503. The number of carbonyl (C=O) groups excluding carboxylic acids is 1. The van der Waals surface area contributed by atoms with Crippen LogP contribution in [-0.4, -0.2) is 5.78 Å². The molecule has 2 atom stereocenters. The van der Waals surface area contributed by atoms with Crippen LogP contribution < -0.4 is 0 Å². The van der Waals surface area contributed by atoms with E-state index in [4.69, 9.17) is 0 Å². The van der Waals surface area contributed by atoms with Crippen LogP contribution in [0, 0.1) is 11.3 Å². The van der Waals surface area contributed by atoms with Gasteiger partial charge in [-0.1, -0.05) is 19.1 Å². The summed E-state index contributed by atoms with van der Waals surface area (Å²) in [5, 5.41) is 0. The van der Waals surface area contributed by atoms with Crippen LogP contribution in [0.1, 0.15) is 39.0 Å². The van der Waals surface area contributed by atoms with Gasteiger partial charge in [-0.3, -0.25) is 4.79 Å². The molecule has 2 aliphatic rings. The Labute approximate surface area is 73.8 Å². The first-order valence-electron chi connectivity index (χ1n) is 4.89. The second-order valence-corrected chi connectivity index (χ2v) is 4.55. The van der Waals surface area contributed by atoms with Gasteiger partial charge in [-0.15, -0.1) is 0 Å². The highest BCUT2D eigenvalue weighted by atomic mass is 16.1. The molecule has 0 spiro atoms. The first-order chi connectivity index (χ1) is 5.68. The lowest BCUT2D eigenvalue weighted by Gasteiger charge is -2.25. The fourth-order valence-corrected chi connectivity index (χ4v) is 2.38. The zero-order valence-electron chi connectivity index (χ0n) is 7.68. The molecule has 66 valence electrons. The van der Waals surface area contributed by atoms with Gasteiger partial charge in [-0.25, -0.2) is 0 Å². The summed E-state index contributed by atoms with van der Waals surface area (Å²) in [6.07, 6.45) is 9.69. The van der Waals surface area contributed by atoms with Crippen LogP contribution in [0.3, 0.4) is 0 Å². The molecule has 2 bridgehead atoms. The average Bonchev–Trinajstić information content (AvgIpc) is 2.41. The van der Waals surface area contributed by atoms with Gasteiger partial charge in [0.2, 0.25) is 0 Å². The van der Waals surface area contributed by atoms with Crippen molar-refractivity contribution in [1.29, 1.82) is 0 Å².